The second-order valence-corrected chi connectivity index (χ2v) is 3.87. The molecular formula is C12H18ClNO. The fraction of sp³-hybridized carbons (Fsp3) is 0.500. The fourth-order valence-electron chi connectivity index (χ4n) is 1.92. The third-order valence-electron chi connectivity index (χ3n) is 2.94. The molecule has 0 bridgehead atoms. The van der Waals surface area contributed by atoms with E-state index in [1.165, 1.54) is 16.7 Å². The first-order valence-corrected chi connectivity index (χ1v) is 5.16. The molecule has 1 fully saturated rings. The summed E-state index contributed by atoms with van der Waals surface area (Å²) in [6, 6.07) is 6.84. The Labute approximate surface area is 97.4 Å². The zero-order valence-electron chi connectivity index (χ0n) is 9.25. The van der Waals surface area contributed by atoms with Crippen molar-refractivity contribution in [3.63, 3.8) is 0 Å². The molecule has 0 amide bonds. The smallest absolute Gasteiger partial charge is 0.0662 e. The molecule has 3 heteroatoms. The molecule has 0 aliphatic carbocycles. The number of ether oxygens (including phenoxy) is 1. The molecule has 0 unspecified atom stereocenters. The molecule has 0 saturated carbocycles. The van der Waals surface area contributed by atoms with E-state index in [0.717, 1.165) is 19.8 Å². The Bertz CT molecular complexity index is 321. The van der Waals surface area contributed by atoms with Gasteiger partial charge in [0.1, 0.15) is 0 Å². The highest BCUT2D eigenvalue weighted by atomic mass is 35.5. The second-order valence-electron chi connectivity index (χ2n) is 3.87. The van der Waals surface area contributed by atoms with Crippen LogP contribution in [0, 0.1) is 13.8 Å². The van der Waals surface area contributed by atoms with Crippen molar-refractivity contribution in [3.05, 3.63) is 34.9 Å². The lowest BCUT2D eigenvalue weighted by atomic mass is 9.97. The molecule has 0 aromatic heterocycles. The van der Waals surface area contributed by atoms with Crippen LogP contribution in [0.2, 0.25) is 0 Å². The van der Waals surface area contributed by atoms with Gasteiger partial charge in [-0.15, -0.1) is 12.4 Å². The molecule has 2 rings (SSSR count). The lowest BCUT2D eigenvalue weighted by molar-refractivity contribution is 0.0767. The zero-order chi connectivity index (χ0) is 9.97. The summed E-state index contributed by atoms with van der Waals surface area (Å²) in [5, 5.41) is 3.48. The van der Waals surface area contributed by atoms with E-state index in [2.05, 4.69) is 37.4 Å². The molecule has 1 atom stereocenters. The van der Waals surface area contributed by atoms with Gasteiger partial charge in [0.05, 0.1) is 19.3 Å². The SMILES string of the molecule is Cc1cccc([C@H]2COCCN2)c1C.Cl. The van der Waals surface area contributed by atoms with Gasteiger partial charge in [-0.1, -0.05) is 18.2 Å². The van der Waals surface area contributed by atoms with E-state index in [-0.39, 0.29) is 12.4 Å². The van der Waals surface area contributed by atoms with Crippen LogP contribution < -0.4 is 5.32 Å². The number of aryl methyl sites for hydroxylation is 1. The molecule has 1 aromatic rings. The van der Waals surface area contributed by atoms with Crippen LogP contribution in [0.1, 0.15) is 22.7 Å². The number of morpholine rings is 1. The first-order chi connectivity index (χ1) is 6.79. The van der Waals surface area contributed by atoms with Crippen molar-refractivity contribution in [2.45, 2.75) is 19.9 Å². The minimum Gasteiger partial charge on any atom is -0.378 e. The van der Waals surface area contributed by atoms with Crippen LogP contribution in [0.15, 0.2) is 18.2 Å². The Morgan fingerprint density at radius 2 is 2.13 bits per heavy atom. The molecule has 1 N–H and O–H groups in total. The van der Waals surface area contributed by atoms with Crippen molar-refractivity contribution in [2.24, 2.45) is 0 Å². The highest BCUT2D eigenvalue weighted by Gasteiger charge is 2.16. The molecule has 1 aliphatic heterocycles. The van der Waals surface area contributed by atoms with E-state index < -0.39 is 0 Å². The summed E-state index contributed by atoms with van der Waals surface area (Å²) < 4.78 is 5.47. The third kappa shape index (κ3) is 2.71. The highest BCUT2D eigenvalue weighted by Crippen LogP contribution is 2.21. The average molecular weight is 228 g/mol. The van der Waals surface area contributed by atoms with Gasteiger partial charge in [-0.3, -0.25) is 0 Å². The molecular weight excluding hydrogens is 210 g/mol. The van der Waals surface area contributed by atoms with Gasteiger partial charge in [-0.05, 0) is 30.5 Å². The van der Waals surface area contributed by atoms with Gasteiger partial charge in [0.25, 0.3) is 0 Å². The van der Waals surface area contributed by atoms with Crippen LogP contribution in [0.3, 0.4) is 0 Å². The van der Waals surface area contributed by atoms with Gasteiger partial charge in [-0.2, -0.15) is 0 Å². The normalized spacial score (nSPS) is 20.8. The molecule has 1 aromatic carbocycles. The fourth-order valence-corrected chi connectivity index (χ4v) is 1.92. The topological polar surface area (TPSA) is 21.3 Å². The predicted octanol–water partition coefficient (Wildman–Crippen LogP) is 2.39. The van der Waals surface area contributed by atoms with Crippen molar-refractivity contribution in [1.82, 2.24) is 5.32 Å². The maximum Gasteiger partial charge on any atom is 0.0662 e. The van der Waals surface area contributed by atoms with Gasteiger partial charge < -0.3 is 10.1 Å². The maximum absolute atomic E-state index is 5.47. The van der Waals surface area contributed by atoms with Crippen LogP contribution in [0.5, 0.6) is 0 Å². The Morgan fingerprint density at radius 3 is 2.80 bits per heavy atom. The maximum atomic E-state index is 5.47. The monoisotopic (exact) mass is 227 g/mol. The first kappa shape index (κ1) is 12.5. The molecule has 1 aliphatic rings. The van der Waals surface area contributed by atoms with Crippen LogP contribution in [-0.4, -0.2) is 19.8 Å². The molecule has 2 nitrogen and oxygen atoms in total. The Kier molecular flexibility index (Phi) is 4.58. The summed E-state index contributed by atoms with van der Waals surface area (Å²) >= 11 is 0. The molecule has 1 heterocycles. The van der Waals surface area contributed by atoms with E-state index in [1.807, 2.05) is 0 Å². The van der Waals surface area contributed by atoms with E-state index in [4.69, 9.17) is 4.74 Å². The molecule has 0 spiro atoms. The Morgan fingerprint density at radius 1 is 1.33 bits per heavy atom. The molecule has 0 radical (unpaired) electrons. The summed E-state index contributed by atoms with van der Waals surface area (Å²) in [5.74, 6) is 0. The zero-order valence-corrected chi connectivity index (χ0v) is 10.1. The van der Waals surface area contributed by atoms with Gasteiger partial charge in [0.15, 0.2) is 0 Å². The van der Waals surface area contributed by atoms with Gasteiger partial charge in [-0.25, -0.2) is 0 Å². The lowest BCUT2D eigenvalue weighted by Gasteiger charge is -2.26. The standard InChI is InChI=1S/C12H17NO.ClH/c1-9-4-3-5-11(10(9)2)12-8-14-7-6-13-12;/h3-5,12-13H,6-8H2,1-2H3;1H/t12-;/m1./s1. The van der Waals surface area contributed by atoms with Gasteiger partial charge >= 0.3 is 0 Å². The van der Waals surface area contributed by atoms with Crippen LogP contribution in [0.4, 0.5) is 0 Å². The minimum atomic E-state index is 0. The number of rotatable bonds is 1. The van der Waals surface area contributed by atoms with E-state index in [9.17, 15) is 0 Å². The highest BCUT2D eigenvalue weighted by molar-refractivity contribution is 5.85. The average Bonchev–Trinajstić information content (AvgIpc) is 2.23. The van der Waals surface area contributed by atoms with Crippen molar-refractivity contribution in [1.29, 1.82) is 0 Å². The second kappa shape index (κ2) is 5.50. The van der Waals surface area contributed by atoms with Crippen LogP contribution >= 0.6 is 12.4 Å². The first-order valence-electron chi connectivity index (χ1n) is 5.16. The molecule has 84 valence electrons. The lowest BCUT2D eigenvalue weighted by Crippen LogP contribution is -2.35. The number of hydrogen-bond donors (Lipinski definition) is 1. The van der Waals surface area contributed by atoms with E-state index in [1.54, 1.807) is 0 Å². The Hall–Kier alpha value is -0.570. The molecule has 15 heavy (non-hydrogen) atoms. The van der Waals surface area contributed by atoms with E-state index in [0.29, 0.717) is 6.04 Å². The number of benzene rings is 1. The summed E-state index contributed by atoms with van der Waals surface area (Å²) in [6.45, 7) is 6.92. The quantitative estimate of drug-likeness (QED) is 0.796. The molecule has 1 saturated heterocycles. The summed E-state index contributed by atoms with van der Waals surface area (Å²) in [6.07, 6.45) is 0. The summed E-state index contributed by atoms with van der Waals surface area (Å²) in [5.41, 5.74) is 4.12. The summed E-state index contributed by atoms with van der Waals surface area (Å²) in [7, 11) is 0. The van der Waals surface area contributed by atoms with Crippen molar-refractivity contribution in [2.75, 3.05) is 19.8 Å². The predicted molar refractivity (Wildman–Crippen MR) is 64.7 cm³/mol. The largest absolute Gasteiger partial charge is 0.378 e. The van der Waals surface area contributed by atoms with Crippen LogP contribution in [0.25, 0.3) is 0 Å². The van der Waals surface area contributed by atoms with Crippen molar-refractivity contribution < 1.29 is 4.74 Å². The summed E-state index contributed by atoms with van der Waals surface area (Å²) in [4.78, 5) is 0. The van der Waals surface area contributed by atoms with Gasteiger partial charge in [0, 0.05) is 6.54 Å². The minimum absolute atomic E-state index is 0. The number of nitrogens with one attached hydrogen (secondary N) is 1. The van der Waals surface area contributed by atoms with Crippen molar-refractivity contribution in [3.8, 4) is 0 Å². The number of halogens is 1. The van der Waals surface area contributed by atoms with Crippen molar-refractivity contribution >= 4 is 12.4 Å². The Balaban J connectivity index is 0.00000112. The number of hydrogen-bond acceptors (Lipinski definition) is 2. The third-order valence-corrected chi connectivity index (χ3v) is 2.94. The van der Waals surface area contributed by atoms with E-state index >= 15 is 0 Å². The van der Waals surface area contributed by atoms with Gasteiger partial charge in [0.2, 0.25) is 0 Å². The van der Waals surface area contributed by atoms with Crippen LogP contribution in [-0.2, 0) is 4.74 Å².